The quantitative estimate of drug-likeness (QED) is 0.231. The minimum Gasteiger partial charge on any atom is -0.390 e. The van der Waals surface area contributed by atoms with Crippen LogP contribution in [0, 0.1) is 32.4 Å². The van der Waals surface area contributed by atoms with E-state index in [-0.39, 0.29) is 24.4 Å². The van der Waals surface area contributed by atoms with Crippen LogP contribution in [-0.4, -0.2) is 53.6 Å². The van der Waals surface area contributed by atoms with E-state index in [1.165, 1.54) is 12.1 Å². The molecule has 0 fully saturated rings. The van der Waals surface area contributed by atoms with Crippen LogP contribution in [0.15, 0.2) is 54.6 Å². The van der Waals surface area contributed by atoms with Crippen LogP contribution in [0.5, 0.6) is 0 Å². The number of nitrogens with zero attached hydrogens (tertiary/aromatic N) is 1. The molecule has 0 saturated heterocycles. The van der Waals surface area contributed by atoms with Crippen molar-refractivity contribution in [2.75, 3.05) is 19.6 Å². The monoisotopic (exact) mass is 579 g/mol. The van der Waals surface area contributed by atoms with Crippen LogP contribution in [0.2, 0.25) is 0 Å². The van der Waals surface area contributed by atoms with Crippen LogP contribution < -0.4 is 10.6 Å². The van der Waals surface area contributed by atoms with Crippen LogP contribution >= 0.6 is 0 Å². The lowest BCUT2D eigenvalue weighted by atomic mass is 9.99. The van der Waals surface area contributed by atoms with Gasteiger partial charge in [0, 0.05) is 43.4 Å². The van der Waals surface area contributed by atoms with Gasteiger partial charge in [-0.05, 0) is 87.1 Å². The summed E-state index contributed by atoms with van der Waals surface area (Å²) >= 11 is 0. The molecule has 2 atom stereocenters. The van der Waals surface area contributed by atoms with Gasteiger partial charge < -0.3 is 20.6 Å². The highest BCUT2D eigenvalue weighted by molar-refractivity contribution is 6.00. The van der Waals surface area contributed by atoms with Crippen LogP contribution in [-0.2, 0) is 13.0 Å². The molecular formula is C34H43F2N3O3. The number of halogens is 2. The largest absolute Gasteiger partial charge is 0.390 e. The lowest BCUT2D eigenvalue weighted by Gasteiger charge is -2.25. The highest BCUT2D eigenvalue weighted by Crippen LogP contribution is 2.16. The van der Waals surface area contributed by atoms with Crippen LogP contribution in [0.1, 0.15) is 75.2 Å². The van der Waals surface area contributed by atoms with Crippen molar-refractivity contribution in [1.82, 2.24) is 15.5 Å². The lowest BCUT2D eigenvalue weighted by Crippen LogP contribution is -2.48. The topological polar surface area (TPSA) is 81.7 Å². The summed E-state index contributed by atoms with van der Waals surface area (Å²) < 4.78 is 27.9. The fourth-order valence-corrected chi connectivity index (χ4v) is 5.27. The van der Waals surface area contributed by atoms with Crippen molar-refractivity contribution in [2.45, 2.75) is 72.6 Å². The van der Waals surface area contributed by atoms with E-state index in [1.54, 1.807) is 23.1 Å². The summed E-state index contributed by atoms with van der Waals surface area (Å²) in [5.41, 5.74) is 5.07. The van der Waals surface area contributed by atoms with E-state index in [9.17, 15) is 23.5 Å². The molecule has 3 N–H and O–H groups in total. The zero-order valence-corrected chi connectivity index (χ0v) is 25.3. The van der Waals surface area contributed by atoms with E-state index in [0.29, 0.717) is 30.8 Å². The Morgan fingerprint density at radius 1 is 0.786 bits per heavy atom. The number of amides is 2. The number of aryl methyl sites for hydroxylation is 3. The van der Waals surface area contributed by atoms with Gasteiger partial charge >= 0.3 is 0 Å². The Morgan fingerprint density at radius 3 is 1.95 bits per heavy atom. The Morgan fingerprint density at radius 2 is 1.36 bits per heavy atom. The van der Waals surface area contributed by atoms with Gasteiger partial charge in [-0.15, -0.1) is 0 Å². The predicted octanol–water partition coefficient (Wildman–Crippen LogP) is 5.64. The fourth-order valence-electron chi connectivity index (χ4n) is 5.27. The van der Waals surface area contributed by atoms with Gasteiger partial charge in [0.05, 0.1) is 12.1 Å². The highest BCUT2D eigenvalue weighted by atomic mass is 19.1. The summed E-state index contributed by atoms with van der Waals surface area (Å²) in [6.45, 7) is 11.8. The third-order valence-corrected chi connectivity index (χ3v) is 6.98. The van der Waals surface area contributed by atoms with Crippen LogP contribution in [0.25, 0.3) is 0 Å². The van der Waals surface area contributed by atoms with Gasteiger partial charge in [-0.3, -0.25) is 9.59 Å². The van der Waals surface area contributed by atoms with E-state index >= 15 is 0 Å². The summed E-state index contributed by atoms with van der Waals surface area (Å²) in [4.78, 5) is 28.5. The molecule has 0 aromatic heterocycles. The molecule has 226 valence electrons. The molecule has 0 saturated carbocycles. The molecule has 0 heterocycles. The summed E-state index contributed by atoms with van der Waals surface area (Å²) in [6, 6.07) is 13.5. The number of carbonyl (C=O) groups is 2. The van der Waals surface area contributed by atoms with E-state index in [1.807, 2.05) is 34.6 Å². The van der Waals surface area contributed by atoms with E-state index in [2.05, 4.69) is 28.8 Å². The van der Waals surface area contributed by atoms with E-state index in [0.717, 1.165) is 41.2 Å². The van der Waals surface area contributed by atoms with Gasteiger partial charge in [-0.25, -0.2) is 8.78 Å². The smallest absolute Gasteiger partial charge is 0.253 e. The molecule has 3 aromatic rings. The summed E-state index contributed by atoms with van der Waals surface area (Å²) in [5, 5.41) is 17.2. The molecule has 3 aromatic carbocycles. The van der Waals surface area contributed by atoms with Gasteiger partial charge in [0.25, 0.3) is 11.8 Å². The Labute approximate surface area is 248 Å². The maximum absolute atomic E-state index is 14.0. The Bertz CT molecular complexity index is 1330. The first-order chi connectivity index (χ1) is 20.0. The highest BCUT2D eigenvalue weighted by Gasteiger charge is 2.24. The molecule has 8 heteroatoms. The third-order valence-electron chi connectivity index (χ3n) is 6.98. The first-order valence-electron chi connectivity index (χ1n) is 14.6. The van der Waals surface area contributed by atoms with Crippen molar-refractivity contribution in [2.24, 2.45) is 0 Å². The SMILES string of the molecule is CCCN(CCC)C(=O)c1cc(C)cc(C(=O)N[C@@H](Cc2cc(F)cc(F)c2)[C@H](O)CNCc2cc(C)cc(C)c2)c1. The summed E-state index contributed by atoms with van der Waals surface area (Å²) in [7, 11) is 0. The first-order valence-corrected chi connectivity index (χ1v) is 14.6. The molecule has 0 radical (unpaired) electrons. The van der Waals surface area contributed by atoms with Gasteiger partial charge in [0.15, 0.2) is 0 Å². The average Bonchev–Trinajstić information content (AvgIpc) is 2.90. The second-order valence-electron chi connectivity index (χ2n) is 11.1. The Kier molecular flexibility index (Phi) is 12.2. The molecule has 0 bridgehead atoms. The number of aliphatic hydroxyl groups is 1. The molecule has 3 rings (SSSR count). The van der Waals surface area contributed by atoms with Crippen molar-refractivity contribution in [3.05, 3.63) is 105 Å². The van der Waals surface area contributed by atoms with E-state index in [4.69, 9.17) is 0 Å². The number of nitrogens with one attached hydrogen (secondary N) is 2. The van der Waals surface area contributed by atoms with Crippen molar-refractivity contribution >= 4 is 11.8 Å². The summed E-state index contributed by atoms with van der Waals surface area (Å²) in [6.07, 6.45) is 0.581. The second kappa shape index (κ2) is 15.6. The number of carbonyl (C=O) groups excluding carboxylic acids is 2. The van der Waals surface area contributed by atoms with Gasteiger partial charge in [-0.2, -0.15) is 0 Å². The van der Waals surface area contributed by atoms with Gasteiger partial charge in [0.2, 0.25) is 0 Å². The number of hydrogen-bond donors (Lipinski definition) is 3. The maximum atomic E-state index is 14.0. The number of hydrogen-bond acceptors (Lipinski definition) is 4. The summed E-state index contributed by atoms with van der Waals surface area (Å²) in [5.74, 6) is -2.09. The molecule has 0 aliphatic carbocycles. The minimum atomic E-state index is -1.07. The maximum Gasteiger partial charge on any atom is 0.253 e. The number of benzene rings is 3. The minimum absolute atomic E-state index is 0.00516. The number of rotatable bonds is 14. The molecule has 0 unspecified atom stereocenters. The standard InChI is InChI=1S/C34H43F2N3O3/c1-6-8-39(9-7-2)34(42)28-14-24(5)13-27(18-28)33(41)38-31(17-25-15-29(35)19-30(36)16-25)32(40)21-37-20-26-11-22(3)10-23(4)12-26/h10-16,18-19,31-32,37,40H,6-9,17,20-21H2,1-5H3,(H,38,41)/t31-,32+/m0/s1. The van der Waals surface area contributed by atoms with Crippen molar-refractivity contribution in [3.8, 4) is 0 Å². The first kappa shape index (κ1) is 32.9. The predicted molar refractivity (Wildman–Crippen MR) is 163 cm³/mol. The Hall–Kier alpha value is -3.62. The van der Waals surface area contributed by atoms with Gasteiger partial charge in [0.1, 0.15) is 11.6 Å². The van der Waals surface area contributed by atoms with Gasteiger partial charge in [-0.1, -0.05) is 43.2 Å². The zero-order chi connectivity index (χ0) is 30.8. The van der Waals surface area contributed by atoms with Crippen molar-refractivity contribution in [3.63, 3.8) is 0 Å². The molecule has 0 aliphatic rings. The molecule has 6 nitrogen and oxygen atoms in total. The molecule has 2 amide bonds. The normalized spacial score (nSPS) is 12.6. The van der Waals surface area contributed by atoms with Crippen LogP contribution in [0.3, 0.4) is 0 Å². The fraction of sp³-hybridized carbons (Fsp3) is 0.412. The molecule has 42 heavy (non-hydrogen) atoms. The number of aliphatic hydroxyl groups excluding tert-OH is 1. The second-order valence-corrected chi connectivity index (χ2v) is 11.1. The van der Waals surface area contributed by atoms with Crippen molar-refractivity contribution < 1.29 is 23.5 Å². The molecule has 0 spiro atoms. The Balaban J connectivity index is 1.81. The molecule has 0 aliphatic heterocycles. The van der Waals surface area contributed by atoms with Crippen LogP contribution in [0.4, 0.5) is 8.78 Å². The van der Waals surface area contributed by atoms with Crippen molar-refractivity contribution in [1.29, 1.82) is 0 Å². The molecular weight excluding hydrogens is 536 g/mol. The average molecular weight is 580 g/mol. The lowest BCUT2D eigenvalue weighted by molar-refractivity contribution is 0.0755. The third kappa shape index (κ3) is 9.74. The van der Waals surface area contributed by atoms with E-state index < -0.39 is 29.7 Å². The zero-order valence-electron chi connectivity index (χ0n) is 25.3.